The van der Waals surface area contributed by atoms with Gasteiger partial charge >= 0.3 is 0 Å². The molecule has 0 aromatic heterocycles. The van der Waals surface area contributed by atoms with Gasteiger partial charge in [0, 0.05) is 38.2 Å². The molecule has 2 aliphatic heterocycles. The Morgan fingerprint density at radius 1 is 1.30 bits per heavy atom. The molecule has 1 aromatic carbocycles. The lowest BCUT2D eigenvalue weighted by Crippen LogP contribution is -2.53. The van der Waals surface area contributed by atoms with Crippen LogP contribution < -0.4 is 15.4 Å². The van der Waals surface area contributed by atoms with Crippen LogP contribution in [0.1, 0.15) is 24.9 Å². The molecule has 3 rings (SSSR count). The third kappa shape index (κ3) is 4.73. The molecule has 5 nitrogen and oxygen atoms in total. The largest absolute Gasteiger partial charge is 0.493 e. The van der Waals surface area contributed by atoms with Crippen molar-refractivity contribution in [2.75, 3.05) is 32.8 Å². The van der Waals surface area contributed by atoms with Crippen molar-refractivity contribution in [3.63, 3.8) is 0 Å². The summed E-state index contributed by atoms with van der Waals surface area (Å²) < 4.78 is 5.64. The quantitative estimate of drug-likeness (QED) is 0.861. The van der Waals surface area contributed by atoms with E-state index in [0.717, 1.165) is 43.9 Å². The number of ether oxygens (including phenoxy) is 1. The van der Waals surface area contributed by atoms with Gasteiger partial charge in [-0.3, -0.25) is 9.69 Å². The lowest BCUT2D eigenvalue weighted by molar-refractivity contribution is -0.127. The number of carbonyl (C=O) groups is 1. The summed E-state index contributed by atoms with van der Waals surface area (Å²) in [5, 5.41) is 6.50. The van der Waals surface area contributed by atoms with Crippen LogP contribution in [0.25, 0.3) is 0 Å². The molecule has 7 heteroatoms. The van der Waals surface area contributed by atoms with Gasteiger partial charge in [-0.25, -0.2) is 0 Å². The Labute approximate surface area is 150 Å². The minimum atomic E-state index is -0.0814. The number of rotatable bonds is 3. The van der Waals surface area contributed by atoms with Gasteiger partial charge in [0.25, 0.3) is 0 Å². The van der Waals surface area contributed by atoms with Gasteiger partial charge < -0.3 is 15.4 Å². The smallest absolute Gasteiger partial charge is 0.237 e. The fourth-order valence-electron chi connectivity index (χ4n) is 3.02. The third-order valence-electron chi connectivity index (χ3n) is 4.35. The number of fused-ring (bicyclic) bond motifs is 1. The maximum atomic E-state index is 12.5. The Morgan fingerprint density at radius 2 is 2.00 bits per heavy atom. The second kappa shape index (κ2) is 9.33. The van der Waals surface area contributed by atoms with Crippen LogP contribution in [0.15, 0.2) is 24.3 Å². The molecule has 1 aromatic rings. The van der Waals surface area contributed by atoms with Crippen molar-refractivity contribution in [3.05, 3.63) is 29.8 Å². The maximum Gasteiger partial charge on any atom is 0.237 e. The van der Waals surface area contributed by atoms with E-state index >= 15 is 0 Å². The standard InChI is InChI=1S/C16H23N3O2.2ClH/c1-12(19-9-7-17-8-10-19)16(20)18-14-6-11-21-15-5-3-2-4-13(14)15;;/h2-5,12,14,17H,6-11H2,1H3,(H,18,20);2*1H. The zero-order valence-corrected chi connectivity index (χ0v) is 14.9. The van der Waals surface area contributed by atoms with Gasteiger partial charge in [-0.05, 0) is 13.0 Å². The fourth-order valence-corrected chi connectivity index (χ4v) is 3.02. The van der Waals surface area contributed by atoms with Crippen molar-refractivity contribution in [1.82, 2.24) is 15.5 Å². The van der Waals surface area contributed by atoms with Crippen molar-refractivity contribution in [2.45, 2.75) is 25.4 Å². The number of hydrogen-bond acceptors (Lipinski definition) is 4. The van der Waals surface area contributed by atoms with Gasteiger partial charge in [0.05, 0.1) is 18.7 Å². The van der Waals surface area contributed by atoms with Gasteiger partial charge in [0.2, 0.25) is 5.91 Å². The third-order valence-corrected chi connectivity index (χ3v) is 4.35. The molecule has 23 heavy (non-hydrogen) atoms. The molecule has 1 saturated heterocycles. The predicted molar refractivity (Wildman–Crippen MR) is 95.8 cm³/mol. The summed E-state index contributed by atoms with van der Waals surface area (Å²) in [5.41, 5.74) is 1.09. The molecule has 2 heterocycles. The first kappa shape index (κ1) is 20.0. The molecule has 2 aliphatic rings. The molecule has 0 aliphatic carbocycles. The van der Waals surface area contributed by atoms with E-state index < -0.39 is 0 Å². The second-order valence-electron chi connectivity index (χ2n) is 5.70. The van der Waals surface area contributed by atoms with Gasteiger partial charge in [-0.1, -0.05) is 18.2 Å². The van der Waals surface area contributed by atoms with Crippen LogP contribution in [-0.4, -0.2) is 49.6 Å². The number of hydrogen-bond donors (Lipinski definition) is 2. The molecule has 1 amide bonds. The maximum absolute atomic E-state index is 12.5. The summed E-state index contributed by atoms with van der Waals surface area (Å²) in [6.07, 6.45) is 0.830. The van der Waals surface area contributed by atoms with E-state index in [1.54, 1.807) is 0 Å². The van der Waals surface area contributed by atoms with Crippen LogP contribution in [0, 0.1) is 0 Å². The molecular weight excluding hydrogens is 337 g/mol. The highest BCUT2D eigenvalue weighted by Gasteiger charge is 2.27. The normalized spacial score (nSPS) is 21.7. The predicted octanol–water partition coefficient (Wildman–Crippen LogP) is 1.76. The highest BCUT2D eigenvalue weighted by Crippen LogP contribution is 2.31. The Bertz CT molecular complexity index is 510. The molecule has 2 unspecified atom stereocenters. The average molecular weight is 362 g/mol. The lowest BCUT2D eigenvalue weighted by Gasteiger charge is -2.33. The molecule has 0 radical (unpaired) electrons. The highest BCUT2D eigenvalue weighted by atomic mass is 35.5. The first-order valence-electron chi connectivity index (χ1n) is 7.72. The zero-order valence-electron chi connectivity index (χ0n) is 13.3. The van der Waals surface area contributed by atoms with Gasteiger partial charge in [-0.2, -0.15) is 0 Å². The van der Waals surface area contributed by atoms with E-state index in [1.165, 1.54) is 0 Å². The van der Waals surface area contributed by atoms with Crippen molar-refractivity contribution in [3.8, 4) is 5.75 Å². The molecule has 1 fully saturated rings. The van der Waals surface area contributed by atoms with Crippen molar-refractivity contribution in [1.29, 1.82) is 0 Å². The summed E-state index contributed by atoms with van der Waals surface area (Å²) in [5.74, 6) is 1.00. The number of halogens is 2. The Hall–Kier alpha value is -1.01. The average Bonchev–Trinajstić information content (AvgIpc) is 2.55. The van der Waals surface area contributed by atoms with E-state index in [9.17, 15) is 4.79 Å². The number of carbonyl (C=O) groups excluding carboxylic acids is 1. The topological polar surface area (TPSA) is 53.6 Å². The SMILES string of the molecule is CC(C(=O)NC1CCOc2ccccc21)N1CCNCC1.Cl.Cl. The molecule has 0 bridgehead atoms. The summed E-state index contributed by atoms with van der Waals surface area (Å²) >= 11 is 0. The summed E-state index contributed by atoms with van der Waals surface area (Å²) in [7, 11) is 0. The van der Waals surface area contributed by atoms with E-state index in [-0.39, 0.29) is 42.8 Å². The van der Waals surface area contributed by atoms with Crippen molar-refractivity contribution >= 4 is 30.7 Å². The van der Waals surface area contributed by atoms with Crippen LogP contribution in [-0.2, 0) is 4.79 Å². The summed E-state index contributed by atoms with van der Waals surface area (Å²) in [4.78, 5) is 14.7. The van der Waals surface area contributed by atoms with E-state index in [4.69, 9.17) is 4.74 Å². The van der Waals surface area contributed by atoms with E-state index in [0.29, 0.717) is 6.61 Å². The van der Waals surface area contributed by atoms with Crippen molar-refractivity contribution in [2.24, 2.45) is 0 Å². The Kier molecular flexibility index (Phi) is 8.12. The highest BCUT2D eigenvalue weighted by molar-refractivity contribution is 5.85. The molecule has 130 valence electrons. The summed E-state index contributed by atoms with van der Waals surface area (Å²) in [6.45, 7) is 6.42. The number of nitrogens with zero attached hydrogens (tertiary/aromatic N) is 1. The van der Waals surface area contributed by atoms with Gasteiger partial charge in [0.15, 0.2) is 0 Å². The molecule has 0 saturated carbocycles. The number of amides is 1. The van der Waals surface area contributed by atoms with Crippen molar-refractivity contribution < 1.29 is 9.53 Å². The minimum absolute atomic E-state index is 0. The van der Waals surface area contributed by atoms with E-state index in [2.05, 4.69) is 15.5 Å². The number of benzene rings is 1. The van der Waals surface area contributed by atoms with Crippen LogP contribution in [0.3, 0.4) is 0 Å². The van der Waals surface area contributed by atoms with E-state index in [1.807, 2.05) is 31.2 Å². The van der Waals surface area contributed by atoms with Crippen LogP contribution in [0.5, 0.6) is 5.75 Å². The molecular formula is C16H25Cl2N3O2. The molecule has 2 atom stereocenters. The molecule has 0 spiro atoms. The number of nitrogens with one attached hydrogen (secondary N) is 2. The first-order chi connectivity index (χ1) is 10.3. The molecule has 2 N–H and O–H groups in total. The lowest BCUT2D eigenvalue weighted by atomic mass is 10.00. The monoisotopic (exact) mass is 361 g/mol. The second-order valence-corrected chi connectivity index (χ2v) is 5.70. The number of para-hydroxylation sites is 1. The van der Waals surface area contributed by atoms with Crippen LogP contribution >= 0.6 is 24.8 Å². The van der Waals surface area contributed by atoms with Gasteiger partial charge in [-0.15, -0.1) is 24.8 Å². The number of piperazine rings is 1. The summed E-state index contributed by atoms with van der Waals surface area (Å²) in [6, 6.07) is 7.94. The fraction of sp³-hybridized carbons (Fsp3) is 0.562. The Balaban J connectivity index is 0.00000132. The van der Waals surface area contributed by atoms with Crippen LogP contribution in [0.4, 0.5) is 0 Å². The van der Waals surface area contributed by atoms with Gasteiger partial charge in [0.1, 0.15) is 5.75 Å². The zero-order chi connectivity index (χ0) is 14.7. The van der Waals surface area contributed by atoms with Crippen LogP contribution in [0.2, 0.25) is 0 Å². The minimum Gasteiger partial charge on any atom is -0.493 e. The Morgan fingerprint density at radius 3 is 2.74 bits per heavy atom. The first-order valence-corrected chi connectivity index (χ1v) is 7.72.